The smallest absolute Gasteiger partial charge is 0.113 e. The zero-order valence-electron chi connectivity index (χ0n) is 17.1. The third kappa shape index (κ3) is 5.07. The quantitative estimate of drug-likeness (QED) is 0.403. The molecule has 1 aromatic carbocycles. The molecule has 6 heteroatoms. The van der Waals surface area contributed by atoms with E-state index in [1.165, 1.54) is 18.4 Å². The lowest BCUT2D eigenvalue weighted by Gasteiger charge is -2.40. The summed E-state index contributed by atoms with van der Waals surface area (Å²) < 4.78 is 5.49. The lowest BCUT2D eigenvalue weighted by atomic mass is 9.91. The van der Waals surface area contributed by atoms with Crippen molar-refractivity contribution >= 4 is 0 Å². The fourth-order valence-corrected chi connectivity index (χ4v) is 3.69. The average Bonchev–Trinajstić information content (AvgIpc) is 3.58. The number of ether oxygens (including phenoxy) is 1. The summed E-state index contributed by atoms with van der Waals surface area (Å²) in [6.45, 7) is 5.26. The highest BCUT2D eigenvalue weighted by Gasteiger charge is 2.43. The molecule has 1 aliphatic heterocycles. The van der Waals surface area contributed by atoms with E-state index in [2.05, 4.69) is 36.9 Å². The maximum absolute atomic E-state index is 10.2. The van der Waals surface area contributed by atoms with Crippen LogP contribution in [0.15, 0.2) is 59.7 Å². The van der Waals surface area contributed by atoms with Gasteiger partial charge in [0.25, 0.3) is 0 Å². The molecule has 1 aliphatic carbocycles. The molecule has 5 atom stereocenters. The van der Waals surface area contributed by atoms with Crippen molar-refractivity contribution in [1.82, 2.24) is 0 Å². The van der Waals surface area contributed by atoms with Crippen LogP contribution < -0.4 is 0 Å². The van der Waals surface area contributed by atoms with Gasteiger partial charge >= 0.3 is 0 Å². The van der Waals surface area contributed by atoms with Crippen molar-refractivity contribution < 1.29 is 25.2 Å². The molecule has 1 saturated carbocycles. The van der Waals surface area contributed by atoms with Crippen molar-refractivity contribution in [2.45, 2.75) is 62.6 Å². The van der Waals surface area contributed by atoms with Gasteiger partial charge in [0.15, 0.2) is 0 Å². The molecule has 2 aliphatic rings. The van der Waals surface area contributed by atoms with Crippen molar-refractivity contribution in [2.24, 2.45) is 0 Å². The third-order valence-corrected chi connectivity index (χ3v) is 5.80. The lowest BCUT2D eigenvalue weighted by Crippen LogP contribution is -2.58. The van der Waals surface area contributed by atoms with Crippen molar-refractivity contribution in [1.29, 1.82) is 5.26 Å². The number of rotatable bonds is 7. The van der Waals surface area contributed by atoms with Gasteiger partial charge in [-0.2, -0.15) is 5.26 Å². The fourth-order valence-electron chi connectivity index (χ4n) is 3.69. The Labute approximate surface area is 177 Å². The standard InChI is InChI=1S/C24H29NO5/c1-14(24-23(29)22(28)21(27)20(13-26)30-24)3-6-19(12-25)15(2)11-16-4-7-17(8-5-16)18-9-10-18/h3-8,18,20-24,26-29H,1,9-11,13H2,2H3/b6-3-,19-15-/t20-,21-,22+,23-,24+/m1/s1. The predicted molar refractivity (Wildman–Crippen MR) is 112 cm³/mol. The number of allylic oxidation sites excluding steroid dienone is 3. The van der Waals surface area contributed by atoms with Gasteiger partial charge in [0.05, 0.1) is 18.2 Å². The highest BCUT2D eigenvalue weighted by molar-refractivity contribution is 5.42. The van der Waals surface area contributed by atoms with Gasteiger partial charge in [0.1, 0.15) is 30.5 Å². The SMILES string of the molecule is C=C(/C=C\C(C#N)=C(/C)Cc1ccc(C2CC2)cc1)[C@@H]1O[C@H](CO)[C@@H](O)[C@H](O)[C@H]1O. The molecule has 1 aromatic rings. The van der Waals surface area contributed by atoms with E-state index in [9.17, 15) is 25.7 Å². The zero-order chi connectivity index (χ0) is 21.8. The van der Waals surface area contributed by atoms with E-state index in [0.717, 1.165) is 11.1 Å². The predicted octanol–water partition coefficient (Wildman–Crippen LogP) is 1.90. The molecule has 4 N–H and O–H groups in total. The molecule has 30 heavy (non-hydrogen) atoms. The molecule has 1 heterocycles. The first kappa shape index (κ1) is 22.4. The molecule has 1 saturated heterocycles. The Morgan fingerprint density at radius 3 is 2.37 bits per heavy atom. The van der Waals surface area contributed by atoms with E-state index in [0.29, 0.717) is 23.5 Å². The Bertz CT molecular complexity index is 861. The maximum Gasteiger partial charge on any atom is 0.113 e. The Balaban J connectivity index is 1.68. The van der Waals surface area contributed by atoms with E-state index in [1.54, 1.807) is 12.2 Å². The fraction of sp³-hybridized carbons (Fsp3) is 0.458. The number of nitrogens with zero attached hydrogens (tertiary/aromatic N) is 1. The summed E-state index contributed by atoms with van der Waals surface area (Å²) in [5.74, 6) is 0.710. The van der Waals surface area contributed by atoms with Crippen molar-refractivity contribution in [2.75, 3.05) is 6.61 Å². The number of nitriles is 1. The van der Waals surface area contributed by atoms with Crippen molar-refractivity contribution in [3.05, 3.63) is 70.8 Å². The Hall–Kier alpha value is -2.27. The van der Waals surface area contributed by atoms with E-state index in [-0.39, 0.29) is 0 Å². The number of hydrogen-bond donors (Lipinski definition) is 4. The van der Waals surface area contributed by atoms with Crippen LogP contribution in [0.2, 0.25) is 0 Å². The molecule has 0 aromatic heterocycles. The summed E-state index contributed by atoms with van der Waals surface area (Å²) in [5.41, 5.74) is 4.21. The highest BCUT2D eigenvalue weighted by atomic mass is 16.5. The van der Waals surface area contributed by atoms with Crippen LogP contribution in [0.4, 0.5) is 0 Å². The summed E-state index contributed by atoms with van der Waals surface area (Å²) in [7, 11) is 0. The first-order valence-electron chi connectivity index (χ1n) is 10.2. The highest BCUT2D eigenvalue weighted by Crippen LogP contribution is 2.40. The number of aliphatic hydroxyl groups is 4. The second kappa shape index (κ2) is 9.69. The number of benzene rings is 1. The van der Waals surface area contributed by atoms with Crippen LogP contribution in [0, 0.1) is 11.3 Å². The summed E-state index contributed by atoms with van der Waals surface area (Å²) in [6, 6.07) is 10.7. The van der Waals surface area contributed by atoms with Gasteiger partial charge in [-0.3, -0.25) is 0 Å². The van der Waals surface area contributed by atoms with E-state index >= 15 is 0 Å². The van der Waals surface area contributed by atoms with Crippen LogP contribution in [-0.4, -0.2) is 57.6 Å². The third-order valence-electron chi connectivity index (χ3n) is 5.80. The van der Waals surface area contributed by atoms with E-state index in [1.807, 2.05) is 6.92 Å². The van der Waals surface area contributed by atoms with Crippen LogP contribution in [0.25, 0.3) is 0 Å². The minimum absolute atomic E-state index is 0.334. The number of aliphatic hydroxyl groups excluding tert-OH is 4. The molecule has 0 amide bonds. The largest absolute Gasteiger partial charge is 0.394 e. The van der Waals surface area contributed by atoms with Gasteiger partial charge in [-0.1, -0.05) is 42.5 Å². The van der Waals surface area contributed by atoms with E-state index < -0.39 is 37.1 Å². The molecule has 0 unspecified atom stereocenters. The Morgan fingerprint density at radius 2 is 1.80 bits per heavy atom. The van der Waals surface area contributed by atoms with Crippen LogP contribution >= 0.6 is 0 Å². The lowest BCUT2D eigenvalue weighted by molar-refractivity contribution is -0.218. The second-order valence-corrected chi connectivity index (χ2v) is 8.16. The molecular weight excluding hydrogens is 382 g/mol. The van der Waals surface area contributed by atoms with Gasteiger partial charge in [-0.05, 0) is 54.9 Å². The van der Waals surface area contributed by atoms with Crippen molar-refractivity contribution in [3.8, 4) is 6.07 Å². The maximum atomic E-state index is 10.2. The minimum atomic E-state index is -1.46. The molecule has 0 bridgehead atoms. The summed E-state index contributed by atoms with van der Waals surface area (Å²) in [6.07, 6.45) is 0.0869. The minimum Gasteiger partial charge on any atom is -0.394 e. The number of hydrogen-bond acceptors (Lipinski definition) is 6. The summed E-state index contributed by atoms with van der Waals surface area (Å²) in [4.78, 5) is 0. The molecule has 0 spiro atoms. The van der Waals surface area contributed by atoms with Crippen LogP contribution in [-0.2, 0) is 11.2 Å². The average molecular weight is 411 g/mol. The van der Waals surface area contributed by atoms with Crippen LogP contribution in [0.5, 0.6) is 0 Å². The van der Waals surface area contributed by atoms with Gasteiger partial charge < -0.3 is 25.2 Å². The topological polar surface area (TPSA) is 114 Å². The van der Waals surface area contributed by atoms with Gasteiger partial charge in [0.2, 0.25) is 0 Å². The normalized spacial score (nSPS) is 30.1. The molecule has 2 fully saturated rings. The Morgan fingerprint density at radius 1 is 1.13 bits per heavy atom. The summed E-state index contributed by atoms with van der Waals surface area (Å²) in [5, 5.41) is 48.9. The van der Waals surface area contributed by atoms with Gasteiger partial charge in [-0.25, -0.2) is 0 Å². The summed E-state index contributed by atoms with van der Waals surface area (Å²) >= 11 is 0. The molecule has 0 radical (unpaired) electrons. The molecule has 3 rings (SSSR count). The zero-order valence-corrected chi connectivity index (χ0v) is 17.1. The monoisotopic (exact) mass is 411 g/mol. The van der Waals surface area contributed by atoms with Crippen molar-refractivity contribution in [3.63, 3.8) is 0 Å². The first-order valence-corrected chi connectivity index (χ1v) is 10.2. The Kier molecular flexibility index (Phi) is 7.24. The molecular formula is C24H29NO5. The molecule has 6 nitrogen and oxygen atoms in total. The van der Waals surface area contributed by atoms with Gasteiger partial charge in [-0.15, -0.1) is 0 Å². The second-order valence-electron chi connectivity index (χ2n) is 8.16. The van der Waals surface area contributed by atoms with Crippen LogP contribution in [0.3, 0.4) is 0 Å². The van der Waals surface area contributed by atoms with E-state index in [4.69, 9.17) is 4.74 Å². The molecule has 160 valence electrons. The first-order chi connectivity index (χ1) is 14.3. The van der Waals surface area contributed by atoms with Crippen LogP contribution in [0.1, 0.15) is 36.8 Å². The van der Waals surface area contributed by atoms with Gasteiger partial charge in [0, 0.05) is 0 Å².